The third-order valence-corrected chi connectivity index (χ3v) is 0.292. The summed E-state index contributed by atoms with van der Waals surface area (Å²) in [5.74, 6) is 0. The summed E-state index contributed by atoms with van der Waals surface area (Å²) in [6, 6.07) is 0. The number of hydrogen-bond donors (Lipinski definition) is 3. The molecule has 0 aliphatic heterocycles. The van der Waals surface area contributed by atoms with Gasteiger partial charge >= 0.3 is 0 Å². The zero-order valence-corrected chi connectivity index (χ0v) is 7.00. The summed E-state index contributed by atoms with van der Waals surface area (Å²) in [5.41, 5.74) is 0. The van der Waals surface area contributed by atoms with E-state index in [1.807, 2.05) is 0 Å². The van der Waals surface area contributed by atoms with Crippen molar-refractivity contribution in [1.29, 1.82) is 0 Å². The first-order chi connectivity index (χ1) is 6.06. The molecule has 7 heteroatoms. The first-order valence-electron chi connectivity index (χ1n) is 2.99. The van der Waals surface area contributed by atoms with E-state index in [0.29, 0.717) is 0 Å². The predicted octanol–water partition coefficient (Wildman–Crippen LogP) is -0.0867. The van der Waals surface area contributed by atoms with Crippen molar-refractivity contribution in [2.75, 3.05) is 13.2 Å². The molecule has 0 bridgehead atoms. The molecule has 0 spiro atoms. The van der Waals surface area contributed by atoms with E-state index < -0.39 is 5.09 Å². The van der Waals surface area contributed by atoms with Crippen LogP contribution in [0.3, 0.4) is 0 Å². The Labute approximate surface area is 75.3 Å². The molecule has 0 saturated heterocycles. The first-order valence-corrected chi connectivity index (χ1v) is 2.99. The Balaban J connectivity index is -0.000000117. The minimum Gasteiger partial charge on any atom is -0.474 e. The van der Waals surface area contributed by atoms with Crippen LogP contribution in [0.5, 0.6) is 0 Å². The van der Waals surface area contributed by atoms with Crippen molar-refractivity contribution in [3.8, 4) is 0 Å². The van der Waals surface area contributed by atoms with E-state index in [-0.39, 0.29) is 13.2 Å². The fraction of sp³-hybridized carbons (Fsp3) is 0.333. The number of rotatable bonds is 3. The van der Waals surface area contributed by atoms with Gasteiger partial charge in [-0.05, 0) is 0 Å². The van der Waals surface area contributed by atoms with E-state index in [1.165, 1.54) is 12.5 Å². The molecule has 0 aromatic carbocycles. The normalized spacial score (nSPS) is 6.31. The molecule has 0 fully saturated rings. The molecule has 0 heterocycles. The zero-order chi connectivity index (χ0) is 11.1. The van der Waals surface area contributed by atoms with Crippen LogP contribution in [-0.4, -0.2) is 33.7 Å². The molecule has 0 aromatic rings. The fourth-order valence-electron chi connectivity index (χ4n) is 0.0680. The van der Waals surface area contributed by atoms with E-state index >= 15 is 0 Å². The van der Waals surface area contributed by atoms with Crippen molar-refractivity contribution >= 4 is 0 Å². The fourth-order valence-corrected chi connectivity index (χ4v) is 0.0680. The van der Waals surface area contributed by atoms with Gasteiger partial charge in [-0.2, -0.15) is 0 Å². The molecular weight excluding hydrogens is 182 g/mol. The lowest BCUT2D eigenvalue weighted by molar-refractivity contribution is -0.742. The third-order valence-electron chi connectivity index (χ3n) is 0.292. The molecule has 0 rings (SSSR count). The van der Waals surface area contributed by atoms with Crippen LogP contribution in [0.2, 0.25) is 0 Å². The topological polar surface area (TPSA) is 113 Å². The van der Waals surface area contributed by atoms with Crippen molar-refractivity contribution in [3.05, 3.63) is 35.8 Å². The summed E-state index contributed by atoms with van der Waals surface area (Å²) in [6.45, 7) is 6.26. The SMILES string of the molecule is C=COC=C.O=[N+]([O-])O.OCCO. The predicted molar refractivity (Wildman–Crippen MR) is 44.4 cm³/mol. The van der Waals surface area contributed by atoms with Gasteiger partial charge in [-0.1, -0.05) is 13.2 Å². The quantitative estimate of drug-likeness (QED) is 0.329. The number of ether oxygens (including phenoxy) is 1. The van der Waals surface area contributed by atoms with Crippen LogP contribution >= 0.6 is 0 Å². The highest BCUT2D eigenvalue weighted by atomic mass is 16.9. The van der Waals surface area contributed by atoms with Gasteiger partial charge in [0.25, 0.3) is 5.09 Å². The molecular formula is C6H13NO6. The number of hydrogen-bond acceptors (Lipinski definition) is 5. The van der Waals surface area contributed by atoms with Crippen LogP contribution in [0, 0.1) is 10.1 Å². The second-order valence-electron chi connectivity index (χ2n) is 1.15. The molecule has 0 aliphatic carbocycles. The minimum absolute atomic E-state index is 0.125. The average molecular weight is 195 g/mol. The highest BCUT2D eigenvalue weighted by Gasteiger charge is 1.65. The van der Waals surface area contributed by atoms with Crippen molar-refractivity contribution in [1.82, 2.24) is 0 Å². The Morgan fingerprint density at radius 2 is 1.54 bits per heavy atom. The molecule has 13 heavy (non-hydrogen) atoms. The first kappa shape index (κ1) is 17.5. The molecule has 0 atom stereocenters. The smallest absolute Gasteiger partial charge is 0.291 e. The van der Waals surface area contributed by atoms with Crippen molar-refractivity contribution < 1.29 is 25.2 Å². The standard InChI is InChI=1S/C4H6O.C2H6O2.HNO3/c1-3-5-4-2;3-1-2-4;2-1(3)4/h3-4H,1-2H2;3-4H,1-2H2;(H,2,3,4). The number of aliphatic hydroxyl groups excluding tert-OH is 2. The summed E-state index contributed by atoms with van der Waals surface area (Å²) in [5, 5.41) is 28.9. The van der Waals surface area contributed by atoms with E-state index in [2.05, 4.69) is 17.9 Å². The maximum atomic E-state index is 8.36. The highest BCUT2D eigenvalue weighted by molar-refractivity contribution is 4.57. The van der Waals surface area contributed by atoms with Crippen LogP contribution in [0.25, 0.3) is 0 Å². The molecule has 78 valence electrons. The maximum absolute atomic E-state index is 8.36. The molecule has 7 nitrogen and oxygen atoms in total. The van der Waals surface area contributed by atoms with Gasteiger partial charge in [0.1, 0.15) is 0 Å². The van der Waals surface area contributed by atoms with Crippen LogP contribution in [0.15, 0.2) is 25.7 Å². The van der Waals surface area contributed by atoms with Gasteiger partial charge in [-0.3, -0.25) is 0 Å². The number of nitrogens with zero attached hydrogens (tertiary/aromatic N) is 1. The molecule has 0 aromatic heterocycles. The summed E-state index contributed by atoms with van der Waals surface area (Å²) in [6.07, 6.45) is 2.62. The summed E-state index contributed by atoms with van der Waals surface area (Å²) >= 11 is 0. The van der Waals surface area contributed by atoms with Gasteiger partial charge < -0.3 is 20.2 Å². The molecule has 0 radical (unpaired) electrons. The summed E-state index contributed by atoms with van der Waals surface area (Å²) in [7, 11) is 0. The minimum atomic E-state index is -1.50. The Bertz CT molecular complexity index is 114. The van der Waals surface area contributed by atoms with Gasteiger partial charge in [0, 0.05) is 0 Å². The Morgan fingerprint density at radius 3 is 1.54 bits per heavy atom. The lowest BCUT2D eigenvalue weighted by atomic mass is 10.8. The molecule has 0 saturated carbocycles. The Morgan fingerprint density at radius 1 is 1.31 bits per heavy atom. The van der Waals surface area contributed by atoms with Gasteiger partial charge in [-0.15, -0.1) is 10.1 Å². The third kappa shape index (κ3) is 374. The van der Waals surface area contributed by atoms with Gasteiger partial charge in [-0.25, -0.2) is 0 Å². The van der Waals surface area contributed by atoms with Gasteiger partial charge in [0.15, 0.2) is 0 Å². The van der Waals surface area contributed by atoms with Crippen molar-refractivity contribution in [2.24, 2.45) is 0 Å². The second kappa shape index (κ2) is 22.4. The second-order valence-corrected chi connectivity index (χ2v) is 1.15. The van der Waals surface area contributed by atoms with E-state index in [9.17, 15) is 0 Å². The van der Waals surface area contributed by atoms with Crippen molar-refractivity contribution in [3.63, 3.8) is 0 Å². The highest BCUT2D eigenvalue weighted by Crippen LogP contribution is 1.65. The van der Waals surface area contributed by atoms with Crippen LogP contribution in [0.4, 0.5) is 0 Å². The van der Waals surface area contributed by atoms with Gasteiger partial charge in [0.05, 0.1) is 25.7 Å². The van der Waals surface area contributed by atoms with E-state index in [4.69, 9.17) is 25.5 Å². The number of aliphatic hydroxyl groups is 2. The van der Waals surface area contributed by atoms with Crippen LogP contribution < -0.4 is 0 Å². The Hall–Kier alpha value is -1.60. The van der Waals surface area contributed by atoms with E-state index in [0.717, 1.165) is 0 Å². The monoisotopic (exact) mass is 195 g/mol. The Kier molecular flexibility index (Phi) is 30.2. The average Bonchev–Trinajstić information content (AvgIpc) is 2.05. The molecule has 0 aliphatic rings. The molecule has 0 unspecified atom stereocenters. The zero-order valence-electron chi connectivity index (χ0n) is 7.00. The lowest BCUT2D eigenvalue weighted by Crippen LogP contribution is -1.85. The maximum Gasteiger partial charge on any atom is 0.291 e. The summed E-state index contributed by atoms with van der Waals surface area (Å²) in [4.78, 5) is 8.36. The summed E-state index contributed by atoms with van der Waals surface area (Å²) < 4.78 is 4.36. The lowest BCUT2D eigenvalue weighted by Gasteiger charge is -1.76. The van der Waals surface area contributed by atoms with Crippen LogP contribution in [-0.2, 0) is 4.74 Å². The van der Waals surface area contributed by atoms with Gasteiger partial charge in [0.2, 0.25) is 0 Å². The van der Waals surface area contributed by atoms with E-state index in [1.54, 1.807) is 0 Å². The van der Waals surface area contributed by atoms with Crippen molar-refractivity contribution in [2.45, 2.75) is 0 Å². The largest absolute Gasteiger partial charge is 0.474 e. The molecule has 0 amide bonds. The molecule has 3 N–H and O–H groups in total. The van der Waals surface area contributed by atoms with Crippen LogP contribution in [0.1, 0.15) is 0 Å².